The number of nitrogens with one attached hydrogen (secondary N) is 1. The first-order valence-electron chi connectivity index (χ1n) is 15.6. The average Bonchev–Trinajstić information content (AvgIpc) is 3.28. The molecule has 0 radical (unpaired) electrons. The van der Waals surface area contributed by atoms with Crippen molar-refractivity contribution in [2.45, 2.75) is 113 Å². The third-order valence-corrected chi connectivity index (χ3v) is 10.5. The third-order valence-electron chi connectivity index (χ3n) is 10.5. The van der Waals surface area contributed by atoms with E-state index in [1.165, 1.54) is 11.1 Å². The van der Waals surface area contributed by atoms with Gasteiger partial charge in [-0.1, -0.05) is 25.7 Å². The minimum absolute atomic E-state index is 0.0142. The van der Waals surface area contributed by atoms with Gasteiger partial charge in [-0.3, -0.25) is 0 Å². The molecule has 0 aromatic heterocycles. The van der Waals surface area contributed by atoms with Crippen LogP contribution in [0.5, 0.6) is 5.75 Å². The van der Waals surface area contributed by atoms with E-state index in [9.17, 15) is 57.1 Å². The number of alkyl halides is 13. The molecule has 17 heteroatoms. The lowest BCUT2D eigenvalue weighted by atomic mass is 9.55. The molecule has 1 N–H and O–H groups in total. The number of aryl methyl sites for hydroxylation is 1. The minimum atomic E-state index is -7.33. The topological polar surface area (TPSA) is 30.5 Å². The lowest BCUT2D eigenvalue weighted by Crippen LogP contribution is -2.69. The van der Waals surface area contributed by atoms with Crippen molar-refractivity contribution in [2.75, 3.05) is 19.8 Å². The number of hydrogen-bond acceptors (Lipinski definition) is 3. The molecule has 5 atom stereocenters. The zero-order chi connectivity index (χ0) is 35.3. The van der Waals surface area contributed by atoms with E-state index in [-0.39, 0.29) is 17.8 Å². The van der Waals surface area contributed by atoms with Gasteiger partial charge in [-0.05, 0) is 91.4 Å². The van der Waals surface area contributed by atoms with Crippen LogP contribution in [0.25, 0.3) is 0 Å². The maximum atomic E-state index is 14.7. The van der Waals surface area contributed by atoms with Gasteiger partial charge in [0.2, 0.25) is 0 Å². The van der Waals surface area contributed by atoms with Crippen molar-refractivity contribution in [3.05, 3.63) is 29.3 Å². The molecule has 47 heavy (non-hydrogen) atoms. The van der Waals surface area contributed by atoms with E-state index in [4.69, 9.17) is 4.74 Å². The summed E-state index contributed by atoms with van der Waals surface area (Å²) in [6.07, 6.45) is -15.3. The number of ether oxygens (including phenoxy) is 2. The second-order valence-corrected chi connectivity index (χ2v) is 13.3. The zero-order valence-electron chi connectivity index (χ0n) is 25.8. The molecule has 2 fully saturated rings. The third kappa shape index (κ3) is 6.94. The van der Waals surface area contributed by atoms with Crippen LogP contribution in [0.1, 0.15) is 68.9 Å². The Morgan fingerprint density at radius 1 is 0.830 bits per heavy atom. The Morgan fingerprint density at radius 2 is 1.47 bits per heavy atom. The van der Waals surface area contributed by atoms with Crippen LogP contribution in [0.15, 0.2) is 18.2 Å². The summed E-state index contributed by atoms with van der Waals surface area (Å²) in [4.78, 5) is 0. The van der Waals surface area contributed by atoms with E-state index in [0.717, 1.165) is 37.8 Å². The second kappa shape index (κ2) is 13.1. The molecule has 0 aliphatic heterocycles. The van der Waals surface area contributed by atoms with E-state index in [2.05, 4.69) is 17.9 Å². The number of unbranched alkanes of at least 4 members (excludes halogenated alkanes) is 1. The smallest absolute Gasteiger partial charge is 0.435 e. The fraction of sp³-hybridized carbons (Fsp3) is 0.800. The molecule has 1 aromatic carbocycles. The summed E-state index contributed by atoms with van der Waals surface area (Å²) in [5, 5.41) is 2.34. The highest BCUT2D eigenvalue weighted by atomic mass is 19.4. The van der Waals surface area contributed by atoms with Gasteiger partial charge < -0.3 is 14.8 Å². The first-order valence-corrected chi connectivity index (χ1v) is 15.6. The molecule has 1 aromatic rings. The molecule has 3 aliphatic carbocycles. The number of hydrogen-bond donors (Lipinski definition) is 1. The van der Waals surface area contributed by atoms with Gasteiger partial charge in [0.25, 0.3) is 0 Å². The second-order valence-electron chi connectivity index (χ2n) is 13.3. The van der Waals surface area contributed by atoms with Gasteiger partial charge in [-0.2, -0.15) is 57.1 Å². The van der Waals surface area contributed by atoms with Crippen LogP contribution in [0.2, 0.25) is 6.32 Å². The van der Waals surface area contributed by atoms with Gasteiger partial charge in [0, 0.05) is 6.04 Å². The van der Waals surface area contributed by atoms with Gasteiger partial charge in [0.1, 0.15) is 20.2 Å². The maximum absolute atomic E-state index is 14.7. The molecule has 3 unspecified atom stereocenters. The molecule has 4 rings (SSSR count). The SMILES string of the molecule is BCCCCOc1ccc2c(c1)CCC1C2CC[C@@]2(C)C1CC[C@@H]2NCC(F)(F)C(F)(F)COC(C(F)(F)F)(C(F)(F)F)C(F)(F)F. The van der Waals surface area contributed by atoms with Crippen LogP contribution < -0.4 is 10.1 Å². The minimum Gasteiger partial charge on any atom is -0.494 e. The zero-order valence-corrected chi connectivity index (χ0v) is 25.8. The summed E-state index contributed by atoms with van der Waals surface area (Å²) >= 11 is 0. The first kappa shape index (κ1) is 37.9. The van der Waals surface area contributed by atoms with Crippen molar-refractivity contribution < 1.29 is 66.5 Å². The average molecular weight is 701 g/mol. The summed E-state index contributed by atoms with van der Waals surface area (Å²) < 4.78 is 185. The highest BCUT2D eigenvalue weighted by Gasteiger charge is 2.86. The Labute approximate surface area is 264 Å². The molecule has 0 amide bonds. The summed E-state index contributed by atoms with van der Waals surface area (Å²) in [5.41, 5.74) is -5.38. The van der Waals surface area contributed by atoms with Gasteiger partial charge in [0.15, 0.2) is 0 Å². The predicted octanol–water partition coefficient (Wildman–Crippen LogP) is 8.42. The maximum Gasteiger partial charge on any atom is 0.435 e. The van der Waals surface area contributed by atoms with Crippen LogP contribution in [-0.4, -0.2) is 69.6 Å². The highest BCUT2D eigenvalue weighted by molar-refractivity contribution is 6.08. The van der Waals surface area contributed by atoms with Gasteiger partial charge >= 0.3 is 36.0 Å². The lowest BCUT2D eigenvalue weighted by Gasteiger charge is -2.51. The van der Waals surface area contributed by atoms with E-state index in [0.29, 0.717) is 32.3 Å². The van der Waals surface area contributed by atoms with E-state index >= 15 is 0 Å². The molecular formula is C30H37BF13NO2. The molecule has 3 aliphatic rings. The molecule has 0 spiro atoms. The molecule has 2 saturated carbocycles. The van der Waals surface area contributed by atoms with Gasteiger partial charge in [-0.15, -0.1) is 0 Å². The largest absolute Gasteiger partial charge is 0.494 e. The molecule has 0 bridgehead atoms. The molecule has 3 nitrogen and oxygen atoms in total. The summed E-state index contributed by atoms with van der Waals surface area (Å²) in [7, 11) is 2.10. The summed E-state index contributed by atoms with van der Waals surface area (Å²) in [6.45, 7) is -2.93. The van der Waals surface area contributed by atoms with Crippen molar-refractivity contribution >= 4 is 7.85 Å². The molecule has 0 saturated heterocycles. The van der Waals surface area contributed by atoms with Gasteiger partial charge in [-0.25, -0.2) is 0 Å². The lowest BCUT2D eigenvalue weighted by molar-refractivity contribution is -0.464. The Balaban J connectivity index is 1.42. The van der Waals surface area contributed by atoms with Crippen molar-refractivity contribution in [2.24, 2.45) is 17.3 Å². The summed E-state index contributed by atoms with van der Waals surface area (Å²) in [6, 6.07) is 5.26. The van der Waals surface area contributed by atoms with Crippen LogP contribution in [0.3, 0.4) is 0 Å². The van der Waals surface area contributed by atoms with E-state index in [1.807, 2.05) is 25.1 Å². The normalized spacial score (nSPS) is 27.3. The number of fused-ring (bicyclic) bond motifs is 5. The highest BCUT2D eigenvalue weighted by Crippen LogP contribution is 2.61. The fourth-order valence-corrected chi connectivity index (χ4v) is 7.94. The standard InChI is InChI=1S/C30H37BF13NO2/c1-24-11-10-20-19-7-5-18(46-13-3-2-12-31)14-17(19)4-6-21(20)22(24)8-9-23(24)45-15-25(32,33)26(34,35)16-47-27(28(36,37)38,29(39,40)41)30(42,43)44/h5,7,14,20-23,45H,2-4,6,8-13,15-16,31H2,1H3/t20?,21?,22?,23-,24-/m0/s1. The van der Waals surface area contributed by atoms with Crippen LogP contribution in [0.4, 0.5) is 57.1 Å². The quantitative estimate of drug-likeness (QED) is 0.135. The van der Waals surface area contributed by atoms with Gasteiger partial charge in [0.05, 0.1) is 13.2 Å². The van der Waals surface area contributed by atoms with E-state index in [1.54, 1.807) is 0 Å². The summed E-state index contributed by atoms with van der Waals surface area (Å²) in [5.74, 6) is -10.0. The van der Waals surface area contributed by atoms with Crippen LogP contribution in [0, 0.1) is 17.3 Å². The van der Waals surface area contributed by atoms with Crippen molar-refractivity contribution in [3.8, 4) is 5.75 Å². The van der Waals surface area contributed by atoms with Crippen molar-refractivity contribution in [1.29, 1.82) is 0 Å². The Kier molecular flexibility index (Phi) is 10.6. The Hall–Kier alpha value is -1.91. The molecule has 0 heterocycles. The number of rotatable bonds is 12. The Bertz CT molecular complexity index is 1200. The fourth-order valence-electron chi connectivity index (χ4n) is 7.94. The van der Waals surface area contributed by atoms with E-state index < -0.39 is 60.6 Å². The predicted molar refractivity (Wildman–Crippen MR) is 148 cm³/mol. The monoisotopic (exact) mass is 701 g/mol. The number of halogens is 13. The molecular weight excluding hydrogens is 664 g/mol. The number of benzene rings is 1. The van der Waals surface area contributed by atoms with Crippen LogP contribution in [-0.2, 0) is 11.2 Å². The Morgan fingerprint density at radius 3 is 2.06 bits per heavy atom. The first-order chi connectivity index (χ1) is 21.5. The van der Waals surface area contributed by atoms with Crippen LogP contribution >= 0.6 is 0 Å². The van der Waals surface area contributed by atoms with Crippen molar-refractivity contribution in [3.63, 3.8) is 0 Å². The molecule has 268 valence electrons. The van der Waals surface area contributed by atoms with Crippen molar-refractivity contribution in [1.82, 2.24) is 5.32 Å².